The van der Waals surface area contributed by atoms with Crippen LogP contribution >= 0.6 is 23.1 Å². The number of carboxylic acids is 1. The topological polar surface area (TPSA) is 125 Å². The molecule has 1 fully saturated rings. The summed E-state index contributed by atoms with van der Waals surface area (Å²) in [6.45, 7) is 1.76. The van der Waals surface area contributed by atoms with Crippen molar-refractivity contribution in [3.8, 4) is 0 Å². The van der Waals surface area contributed by atoms with E-state index in [4.69, 9.17) is 4.74 Å². The lowest BCUT2D eigenvalue weighted by molar-refractivity contribution is -0.150. The van der Waals surface area contributed by atoms with Gasteiger partial charge in [0.2, 0.25) is 5.91 Å². The first-order chi connectivity index (χ1) is 12.9. The lowest BCUT2D eigenvalue weighted by atomic mass is 10.0. The van der Waals surface area contributed by atoms with Crippen LogP contribution in [0.25, 0.3) is 0 Å². The van der Waals surface area contributed by atoms with Crippen LogP contribution in [0.15, 0.2) is 28.9 Å². The van der Waals surface area contributed by atoms with Gasteiger partial charge in [-0.1, -0.05) is 6.07 Å². The maximum Gasteiger partial charge on any atom is 0.411 e. The molecule has 0 radical (unpaired) electrons. The molecule has 9 nitrogen and oxygen atoms in total. The number of carbonyl (C=O) groups excluding carboxylic acids is 3. The Morgan fingerprint density at radius 1 is 1.41 bits per heavy atom. The number of β-lactam (4-membered cyclic amide) rings is 1. The molecule has 0 aliphatic carbocycles. The molecule has 1 saturated heterocycles. The number of fused-ring (bicyclic) bond motifs is 1. The van der Waals surface area contributed by atoms with E-state index in [0.29, 0.717) is 0 Å². The highest BCUT2D eigenvalue weighted by Gasteiger charge is 2.54. The van der Waals surface area contributed by atoms with E-state index < -0.39 is 29.4 Å². The van der Waals surface area contributed by atoms with Gasteiger partial charge in [0.1, 0.15) is 11.4 Å². The van der Waals surface area contributed by atoms with Crippen molar-refractivity contribution in [2.24, 2.45) is 0 Å². The normalized spacial score (nSPS) is 21.2. The average molecular weight is 411 g/mol. The predicted molar refractivity (Wildman–Crippen MR) is 97.9 cm³/mol. The van der Waals surface area contributed by atoms with Gasteiger partial charge in [0, 0.05) is 10.6 Å². The highest BCUT2D eigenvalue weighted by Crippen LogP contribution is 2.39. The second-order valence-electron chi connectivity index (χ2n) is 5.69. The Bertz CT molecular complexity index is 807. The Morgan fingerprint density at radius 2 is 2.19 bits per heavy atom. The summed E-state index contributed by atoms with van der Waals surface area (Å²) in [6.07, 6.45) is -0.616. The van der Waals surface area contributed by atoms with Crippen molar-refractivity contribution in [3.05, 3.63) is 33.8 Å². The summed E-state index contributed by atoms with van der Waals surface area (Å²) in [6, 6.07) is 2.87. The molecule has 3 amide bonds. The van der Waals surface area contributed by atoms with Gasteiger partial charge in [-0.15, -0.1) is 23.1 Å². The minimum absolute atomic E-state index is 0.0962. The van der Waals surface area contributed by atoms with E-state index in [2.05, 4.69) is 10.6 Å². The molecule has 0 bridgehead atoms. The summed E-state index contributed by atoms with van der Waals surface area (Å²) in [5.74, 6) is -1.98. The van der Waals surface area contributed by atoms with Gasteiger partial charge in [-0.2, -0.15) is 0 Å². The number of hydrogen-bond donors (Lipinski definition) is 3. The Hall–Kier alpha value is -2.53. The van der Waals surface area contributed by atoms with E-state index >= 15 is 0 Å². The van der Waals surface area contributed by atoms with Crippen molar-refractivity contribution in [3.63, 3.8) is 0 Å². The number of thioether (sulfide) groups is 1. The second kappa shape index (κ2) is 8.01. The van der Waals surface area contributed by atoms with Gasteiger partial charge in [0.15, 0.2) is 5.70 Å². The predicted octanol–water partition coefficient (Wildman–Crippen LogP) is 0.733. The molecule has 0 spiro atoms. The number of amides is 3. The average Bonchev–Trinajstić information content (AvgIpc) is 3.12. The van der Waals surface area contributed by atoms with Crippen LogP contribution in [0.5, 0.6) is 0 Å². The quantitative estimate of drug-likeness (QED) is 0.590. The van der Waals surface area contributed by atoms with Crippen molar-refractivity contribution in [2.45, 2.75) is 24.8 Å². The smallest absolute Gasteiger partial charge is 0.411 e. The fourth-order valence-corrected chi connectivity index (χ4v) is 4.79. The molecule has 2 aliphatic rings. The molecular weight excluding hydrogens is 394 g/mol. The summed E-state index contributed by atoms with van der Waals surface area (Å²) >= 11 is 2.71. The molecule has 0 aromatic carbocycles. The van der Waals surface area contributed by atoms with Gasteiger partial charge in [0.05, 0.1) is 18.7 Å². The van der Waals surface area contributed by atoms with Gasteiger partial charge in [-0.05, 0) is 18.4 Å². The van der Waals surface area contributed by atoms with E-state index in [1.54, 1.807) is 6.92 Å². The summed E-state index contributed by atoms with van der Waals surface area (Å²) in [5.41, 5.74) is -0.195. The minimum Gasteiger partial charge on any atom is -0.477 e. The summed E-state index contributed by atoms with van der Waals surface area (Å²) in [7, 11) is 0. The van der Waals surface area contributed by atoms with Crippen LogP contribution < -0.4 is 10.6 Å². The number of aliphatic carboxylic acids is 1. The summed E-state index contributed by atoms with van der Waals surface area (Å²) in [5, 5.41) is 15.9. The van der Waals surface area contributed by atoms with Crippen LogP contribution in [0, 0.1) is 0 Å². The van der Waals surface area contributed by atoms with Crippen LogP contribution in [0.4, 0.5) is 4.79 Å². The summed E-state index contributed by atoms with van der Waals surface area (Å²) in [4.78, 5) is 49.8. The zero-order valence-electron chi connectivity index (χ0n) is 14.3. The zero-order valence-corrected chi connectivity index (χ0v) is 15.9. The molecular formula is C16H17N3O6S2. The monoisotopic (exact) mass is 411 g/mol. The van der Waals surface area contributed by atoms with E-state index in [1.807, 2.05) is 17.5 Å². The molecule has 2 aliphatic heterocycles. The molecule has 144 valence electrons. The third-order valence-electron chi connectivity index (χ3n) is 3.93. The first-order valence-corrected chi connectivity index (χ1v) is 10.0. The molecule has 2 atom stereocenters. The minimum atomic E-state index is -1.33. The van der Waals surface area contributed by atoms with Crippen LogP contribution in [0.3, 0.4) is 0 Å². The number of hydrogen-bond acceptors (Lipinski definition) is 7. The van der Waals surface area contributed by atoms with Crippen molar-refractivity contribution in [1.29, 1.82) is 0 Å². The SMILES string of the molecule is CCOC(=O)NC1=C(C(=O)O)N2C(=O)C(NC(=O)Cc3cccs3)[C@H]2SC1. The molecule has 1 unspecified atom stereocenters. The van der Waals surface area contributed by atoms with Gasteiger partial charge in [0.25, 0.3) is 5.91 Å². The van der Waals surface area contributed by atoms with E-state index in [9.17, 15) is 24.3 Å². The van der Waals surface area contributed by atoms with E-state index in [-0.39, 0.29) is 36.1 Å². The molecule has 3 N–H and O–H groups in total. The number of rotatable bonds is 6. The van der Waals surface area contributed by atoms with Crippen molar-refractivity contribution >= 4 is 47.0 Å². The molecule has 1 aromatic rings. The Balaban J connectivity index is 1.70. The van der Waals surface area contributed by atoms with Crippen molar-refractivity contribution in [1.82, 2.24) is 15.5 Å². The van der Waals surface area contributed by atoms with Gasteiger partial charge >= 0.3 is 12.1 Å². The second-order valence-corrected chi connectivity index (χ2v) is 7.83. The van der Waals surface area contributed by atoms with Gasteiger partial charge in [-0.3, -0.25) is 19.8 Å². The third kappa shape index (κ3) is 3.93. The Labute approximate surface area is 162 Å². The number of nitrogens with zero attached hydrogens (tertiary/aromatic N) is 1. The zero-order chi connectivity index (χ0) is 19.6. The number of nitrogens with one attached hydrogen (secondary N) is 2. The van der Waals surface area contributed by atoms with Crippen LogP contribution in [-0.4, -0.2) is 57.7 Å². The lowest BCUT2D eigenvalue weighted by Crippen LogP contribution is -2.71. The molecule has 3 heterocycles. The number of thiophene rings is 1. The van der Waals surface area contributed by atoms with Gasteiger partial charge in [-0.25, -0.2) is 9.59 Å². The molecule has 11 heteroatoms. The van der Waals surface area contributed by atoms with Crippen LogP contribution in [0.2, 0.25) is 0 Å². The number of alkyl carbamates (subject to hydrolysis) is 1. The molecule has 0 saturated carbocycles. The number of carbonyl (C=O) groups is 4. The van der Waals surface area contributed by atoms with Gasteiger partial charge < -0.3 is 15.2 Å². The largest absolute Gasteiger partial charge is 0.477 e. The maximum atomic E-state index is 12.5. The maximum absolute atomic E-state index is 12.5. The Kier molecular flexibility index (Phi) is 5.71. The lowest BCUT2D eigenvalue weighted by Gasteiger charge is -2.49. The Morgan fingerprint density at radius 3 is 2.81 bits per heavy atom. The first kappa shape index (κ1) is 19.2. The fraction of sp³-hybridized carbons (Fsp3) is 0.375. The standard InChI is InChI=1S/C16H17N3O6S2/c1-2-25-16(24)17-9-7-27-14-11(13(21)19(14)12(9)15(22)23)18-10(20)6-8-4-3-5-26-8/h3-5,11,14H,2,6-7H2,1H3,(H,17,24)(H,18,20)(H,22,23)/t11?,14-/m1/s1. The molecule has 3 rings (SSSR count). The first-order valence-electron chi connectivity index (χ1n) is 8.09. The van der Waals surface area contributed by atoms with Crippen molar-refractivity contribution in [2.75, 3.05) is 12.4 Å². The fourth-order valence-electron chi connectivity index (χ4n) is 2.80. The van der Waals surface area contributed by atoms with E-state index in [0.717, 1.165) is 9.78 Å². The van der Waals surface area contributed by atoms with Crippen LogP contribution in [-0.2, 0) is 25.5 Å². The third-order valence-corrected chi connectivity index (χ3v) is 6.09. The number of ether oxygens (including phenoxy) is 1. The highest BCUT2D eigenvalue weighted by atomic mass is 32.2. The molecule has 27 heavy (non-hydrogen) atoms. The van der Waals surface area contributed by atoms with E-state index in [1.165, 1.54) is 23.1 Å². The molecule has 1 aromatic heterocycles. The summed E-state index contributed by atoms with van der Waals surface area (Å²) < 4.78 is 4.76. The number of carboxylic acid groups (broad SMARTS) is 1. The van der Waals surface area contributed by atoms with Crippen molar-refractivity contribution < 1.29 is 29.0 Å². The highest BCUT2D eigenvalue weighted by molar-refractivity contribution is 8.00. The van der Waals surface area contributed by atoms with Crippen LogP contribution in [0.1, 0.15) is 11.8 Å².